The molecule has 0 unspecified atom stereocenters. The van der Waals surface area contributed by atoms with Crippen LogP contribution in [0.3, 0.4) is 0 Å². The van der Waals surface area contributed by atoms with Gasteiger partial charge in [0.05, 0.1) is 17.1 Å². The van der Waals surface area contributed by atoms with Gasteiger partial charge in [0.15, 0.2) is 0 Å². The number of aryl methyl sites for hydroxylation is 1. The lowest BCUT2D eigenvalue weighted by atomic mass is 10.1. The summed E-state index contributed by atoms with van der Waals surface area (Å²) < 4.78 is 26.8. The molecule has 2 amide bonds. The quantitative estimate of drug-likeness (QED) is 0.756. The molecule has 1 heterocycles. The number of carbonyl (C=O) groups excluding carboxylic acids is 2. The first-order chi connectivity index (χ1) is 13.7. The third kappa shape index (κ3) is 4.80. The van der Waals surface area contributed by atoms with E-state index < -0.39 is 15.9 Å². The van der Waals surface area contributed by atoms with Crippen LogP contribution in [0.4, 0.5) is 11.4 Å². The SMILES string of the molecule is Cc1cccc(NC(=O)CN(C)S(=O)(=O)c2ccc3c(c2)NC(=O)CCS3)c1C. The Hall–Kier alpha value is -2.36. The Bertz CT molecular complexity index is 1070. The Kier molecular flexibility index (Phi) is 6.30. The maximum Gasteiger partial charge on any atom is 0.243 e. The van der Waals surface area contributed by atoms with Crippen LogP contribution in [0.5, 0.6) is 0 Å². The first-order valence-electron chi connectivity index (χ1n) is 9.07. The van der Waals surface area contributed by atoms with Gasteiger partial charge in [-0.05, 0) is 49.2 Å². The van der Waals surface area contributed by atoms with Gasteiger partial charge < -0.3 is 10.6 Å². The van der Waals surface area contributed by atoms with E-state index in [-0.39, 0.29) is 17.3 Å². The second-order valence-corrected chi connectivity index (χ2v) is 10.0. The molecule has 7 nitrogen and oxygen atoms in total. The van der Waals surface area contributed by atoms with Gasteiger partial charge in [-0.1, -0.05) is 12.1 Å². The summed E-state index contributed by atoms with van der Waals surface area (Å²) in [6.45, 7) is 3.51. The van der Waals surface area contributed by atoms with E-state index in [1.165, 1.54) is 30.9 Å². The molecule has 3 rings (SSSR count). The number of benzene rings is 2. The summed E-state index contributed by atoms with van der Waals surface area (Å²) in [6.07, 6.45) is 0.375. The van der Waals surface area contributed by atoms with Crippen molar-refractivity contribution in [2.45, 2.75) is 30.1 Å². The summed E-state index contributed by atoms with van der Waals surface area (Å²) in [5.41, 5.74) is 3.11. The van der Waals surface area contributed by atoms with Gasteiger partial charge >= 0.3 is 0 Å². The number of sulfonamides is 1. The first kappa shape index (κ1) is 21.4. The van der Waals surface area contributed by atoms with Crippen molar-refractivity contribution in [1.29, 1.82) is 0 Å². The highest BCUT2D eigenvalue weighted by Crippen LogP contribution is 2.33. The van der Waals surface area contributed by atoms with Crippen LogP contribution in [0.1, 0.15) is 17.5 Å². The van der Waals surface area contributed by atoms with Crippen molar-refractivity contribution in [3.63, 3.8) is 0 Å². The fraction of sp³-hybridized carbons (Fsp3) is 0.300. The zero-order valence-electron chi connectivity index (χ0n) is 16.5. The number of amides is 2. The molecule has 0 saturated heterocycles. The Morgan fingerprint density at radius 1 is 1.24 bits per heavy atom. The van der Waals surface area contributed by atoms with Gasteiger partial charge in [-0.2, -0.15) is 4.31 Å². The average molecular weight is 434 g/mol. The molecule has 0 fully saturated rings. The smallest absolute Gasteiger partial charge is 0.243 e. The van der Waals surface area contributed by atoms with Crippen LogP contribution in [0, 0.1) is 13.8 Å². The van der Waals surface area contributed by atoms with Crippen LogP contribution in [-0.2, 0) is 19.6 Å². The van der Waals surface area contributed by atoms with Crippen molar-refractivity contribution in [3.8, 4) is 0 Å². The van der Waals surface area contributed by atoms with E-state index in [1.807, 2.05) is 26.0 Å². The number of anilines is 2. The molecule has 0 aromatic heterocycles. The van der Waals surface area contributed by atoms with Gasteiger partial charge in [0, 0.05) is 29.8 Å². The van der Waals surface area contributed by atoms with Gasteiger partial charge in [-0.3, -0.25) is 9.59 Å². The predicted molar refractivity (Wildman–Crippen MR) is 115 cm³/mol. The Labute approximate surface area is 174 Å². The third-order valence-electron chi connectivity index (χ3n) is 4.76. The molecule has 0 saturated carbocycles. The van der Waals surface area contributed by atoms with E-state index in [4.69, 9.17) is 0 Å². The van der Waals surface area contributed by atoms with E-state index in [0.29, 0.717) is 23.5 Å². The molecular weight excluding hydrogens is 410 g/mol. The molecule has 154 valence electrons. The van der Waals surface area contributed by atoms with Crippen LogP contribution in [0.25, 0.3) is 0 Å². The van der Waals surface area contributed by atoms with Crippen molar-refractivity contribution in [3.05, 3.63) is 47.5 Å². The minimum atomic E-state index is -3.90. The lowest BCUT2D eigenvalue weighted by molar-refractivity contribution is -0.116. The largest absolute Gasteiger partial charge is 0.325 e. The summed E-state index contributed by atoms with van der Waals surface area (Å²) in [4.78, 5) is 25.0. The van der Waals surface area contributed by atoms with Crippen LogP contribution in [0.15, 0.2) is 46.2 Å². The molecule has 0 spiro atoms. The van der Waals surface area contributed by atoms with Gasteiger partial charge in [0.2, 0.25) is 21.8 Å². The van der Waals surface area contributed by atoms with Crippen molar-refractivity contribution >= 4 is 45.0 Å². The fourth-order valence-corrected chi connectivity index (χ4v) is 4.99. The van der Waals surface area contributed by atoms with Crippen molar-refractivity contribution in [2.24, 2.45) is 0 Å². The van der Waals surface area contributed by atoms with Crippen LogP contribution < -0.4 is 10.6 Å². The van der Waals surface area contributed by atoms with Crippen LogP contribution in [-0.4, -0.2) is 43.9 Å². The van der Waals surface area contributed by atoms with E-state index in [2.05, 4.69) is 10.6 Å². The topological polar surface area (TPSA) is 95.6 Å². The zero-order valence-corrected chi connectivity index (χ0v) is 18.1. The molecule has 1 aliphatic rings. The maximum atomic E-state index is 12.9. The molecule has 0 radical (unpaired) electrons. The van der Waals surface area contributed by atoms with Crippen LogP contribution in [0.2, 0.25) is 0 Å². The lowest BCUT2D eigenvalue weighted by Crippen LogP contribution is -2.35. The normalized spacial score (nSPS) is 14.1. The number of hydrogen-bond donors (Lipinski definition) is 2. The van der Waals surface area contributed by atoms with Gasteiger partial charge in [-0.15, -0.1) is 11.8 Å². The maximum absolute atomic E-state index is 12.9. The Morgan fingerprint density at radius 3 is 2.76 bits per heavy atom. The first-order valence-corrected chi connectivity index (χ1v) is 11.5. The number of thioether (sulfide) groups is 1. The summed E-state index contributed by atoms with van der Waals surface area (Å²) >= 11 is 1.50. The number of rotatable bonds is 5. The second kappa shape index (κ2) is 8.56. The summed E-state index contributed by atoms with van der Waals surface area (Å²) in [5.74, 6) is 0.0686. The van der Waals surface area contributed by atoms with Crippen LogP contribution >= 0.6 is 11.8 Å². The van der Waals surface area contributed by atoms with Gasteiger partial charge in [0.25, 0.3) is 0 Å². The summed E-state index contributed by atoms with van der Waals surface area (Å²) in [7, 11) is -2.54. The third-order valence-corrected chi connectivity index (χ3v) is 7.64. The highest BCUT2D eigenvalue weighted by atomic mass is 32.2. The van der Waals surface area contributed by atoms with Crippen molar-refractivity contribution in [2.75, 3.05) is 30.0 Å². The number of carbonyl (C=O) groups is 2. The molecule has 2 aromatic rings. The molecule has 9 heteroatoms. The lowest BCUT2D eigenvalue weighted by Gasteiger charge is -2.18. The average Bonchev–Trinajstić information content (AvgIpc) is 2.85. The van der Waals surface area contributed by atoms with E-state index in [1.54, 1.807) is 12.1 Å². The summed E-state index contributed by atoms with van der Waals surface area (Å²) in [6, 6.07) is 10.2. The standard InChI is InChI=1S/C20H23N3O4S2/c1-13-5-4-6-16(14(13)2)21-20(25)12-23(3)29(26,27)15-7-8-18-17(11-15)22-19(24)9-10-28-18/h4-8,11H,9-10,12H2,1-3H3,(H,21,25)(H,22,24). The monoisotopic (exact) mass is 433 g/mol. The van der Waals surface area contributed by atoms with Gasteiger partial charge in [0.1, 0.15) is 0 Å². The second-order valence-electron chi connectivity index (χ2n) is 6.86. The minimum Gasteiger partial charge on any atom is -0.325 e. The van der Waals surface area contributed by atoms with E-state index >= 15 is 0 Å². The molecule has 2 aromatic carbocycles. The predicted octanol–water partition coefficient (Wildman–Crippen LogP) is 3.00. The number of fused-ring (bicyclic) bond motifs is 1. The zero-order chi connectivity index (χ0) is 21.2. The van der Waals surface area contributed by atoms with E-state index in [9.17, 15) is 18.0 Å². The van der Waals surface area contributed by atoms with Crippen molar-refractivity contribution < 1.29 is 18.0 Å². The number of hydrogen-bond acceptors (Lipinski definition) is 5. The number of nitrogens with zero attached hydrogens (tertiary/aromatic N) is 1. The highest BCUT2D eigenvalue weighted by Gasteiger charge is 2.25. The molecular formula is C20H23N3O4S2. The molecule has 0 aliphatic carbocycles. The Balaban J connectivity index is 1.76. The molecule has 0 atom stereocenters. The molecule has 0 bridgehead atoms. The van der Waals surface area contributed by atoms with Crippen molar-refractivity contribution in [1.82, 2.24) is 4.31 Å². The molecule has 2 N–H and O–H groups in total. The summed E-state index contributed by atoms with van der Waals surface area (Å²) in [5, 5.41) is 5.50. The molecule has 1 aliphatic heterocycles. The Morgan fingerprint density at radius 2 is 2.00 bits per heavy atom. The fourth-order valence-electron chi connectivity index (χ4n) is 2.90. The van der Waals surface area contributed by atoms with Gasteiger partial charge in [-0.25, -0.2) is 8.42 Å². The number of nitrogens with one attached hydrogen (secondary N) is 2. The molecule has 29 heavy (non-hydrogen) atoms. The number of likely N-dealkylation sites (N-methyl/N-ethyl adjacent to an activating group) is 1. The minimum absolute atomic E-state index is 0.0288. The highest BCUT2D eigenvalue weighted by molar-refractivity contribution is 7.99. The van der Waals surface area contributed by atoms with E-state index in [0.717, 1.165) is 20.3 Å².